The van der Waals surface area contributed by atoms with Gasteiger partial charge in [-0.2, -0.15) is 0 Å². The summed E-state index contributed by atoms with van der Waals surface area (Å²) < 4.78 is 0. The Hall–Kier alpha value is -2.08. The van der Waals surface area contributed by atoms with Gasteiger partial charge in [0.2, 0.25) is 0 Å². The molecular formula is C14H20N2O4. The van der Waals surface area contributed by atoms with Crippen molar-refractivity contribution in [1.82, 2.24) is 0 Å². The van der Waals surface area contributed by atoms with Crippen molar-refractivity contribution in [3.8, 4) is 0 Å². The van der Waals surface area contributed by atoms with Crippen molar-refractivity contribution >= 4 is 17.6 Å². The molecule has 0 spiro atoms. The number of carboxylic acids is 2. The van der Waals surface area contributed by atoms with Gasteiger partial charge in [-0.1, -0.05) is 6.07 Å². The van der Waals surface area contributed by atoms with Gasteiger partial charge in [0, 0.05) is 6.54 Å². The van der Waals surface area contributed by atoms with Crippen LogP contribution in [0.3, 0.4) is 0 Å². The van der Waals surface area contributed by atoms with Crippen LogP contribution >= 0.6 is 0 Å². The van der Waals surface area contributed by atoms with Gasteiger partial charge in [-0.25, -0.2) is 9.59 Å². The first kappa shape index (κ1) is 16.0. The largest absolute Gasteiger partial charge is 0.478 e. The number of aryl methyl sites for hydroxylation is 1. The smallest absolute Gasteiger partial charge is 0.338 e. The Morgan fingerprint density at radius 1 is 1.20 bits per heavy atom. The number of nitrogens with one attached hydrogen (secondary N) is 1. The van der Waals surface area contributed by atoms with Gasteiger partial charge < -0.3 is 21.3 Å². The standard InChI is InChI=1S/C14H20N2O4/c1-2-16-12-9(5-3-4-8-15)6-7-10(13(17)18)11(12)14(19)20/h6-7,16H,2-5,8,15H2,1H3,(H,17,18)(H,19,20). The second-order valence-corrected chi connectivity index (χ2v) is 4.41. The topological polar surface area (TPSA) is 113 Å². The highest BCUT2D eigenvalue weighted by atomic mass is 16.4. The van der Waals surface area contributed by atoms with E-state index in [2.05, 4.69) is 5.32 Å². The van der Waals surface area contributed by atoms with Gasteiger partial charge >= 0.3 is 11.9 Å². The first-order valence-corrected chi connectivity index (χ1v) is 6.59. The van der Waals surface area contributed by atoms with Crippen LogP contribution in [-0.4, -0.2) is 35.2 Å². The van der Waals surface area contributed by atoms with Crippen molar-refractivity contribution in [1.29, 1.82) is 0 Å². The van der Waals surface area contributed by atoms with Gasteiger partial charge in [0.25, 0.3) is 0 Å². The summed E-state index contributed by atoms with van der Waals surface area (Å²) in [6, 6.07) is 3.02. The maximum Gasteiger partial charge on any atom is 0.338 e. The van der Waals surface area contributed by atoms with E-state index in [-0.39, 0.29) is 11.1 Å². The molecule has 0 aliphatic carbocycles. The van der Waals surface area contributed by atoms with Gasteiger partial charge in [0.05, 0.1) is 16.8 Å². The van der Waals surface area contributed by atoms with Crippen molar-refractivity contribution in [3.05, 3.63) is 28.8 Å². The van der Waals surface area contributed by atoms with Gasteiger partial charge in [0.15, 0.2) is 0 Å². The molecule has 1 rings (SSSR count). The highest BCUT2D eigenvalue weighted by Crippen LogP contribution is 2.27. The maximum atomic E-state index is 11.4. The number of carboxylic acid groups (broad SMARTS) is 2. The maximum absolute atomic E-state index is 11.4. The number of hydrogen-bond donors (Lipinski definition) is 4. The molecule has 110 valence electrons. The predicted octanol–water partition coefficient (Wildman–Crippen LogP) is 1.80. The minimum atomic E-state index is -1.24. The number of hydrogen-bond acceptors (Lipinski definition) is 4. The predicted molar refractivity (Wildman–Crippen MR) is 76.5 cm³/mol. The van der Waals surface area contributed by atoms with Crippen molar-refractivity contribution in [2.45, 2.75) is 26.2 Å². The quantitative estimate of drug-likeness (QED) is 0.540. The van der Waals surface area contributed by atoms with E-state index in [1.54, 1.807) is 6.07 Å². The molecule has 0 aliphatic rings. The third-order valence-corrected chi connectivity index (χ3v) is 2.99. The van der Waals surface area contributed by atoms with Crippen LogP contribution in [0.15, 0.2) is 12.1 Å². The molecule has 0 saturated carbocycles. The molecule has 5 N–H and O–H groups in total. The zero-order valence-corrected chi connectivity index (χ0v) is 11.5. The second-order valence-electron chi connectivity index (χ2n) is 4.41. The lowest BCUT2D eigenvalue weighted by atomic mass is 9.97. The summed E-state index contributed by atoms with van der Waals surface area (Å²) in [6.45, 7) is 2.94. The summed E-state index contributed by atoms with van der Waals surface area (Å²) in [5.41, 5.74) is 6.28. The van der Waals surface area contributed by atoms with Gasteiger partial charge in [-0.3, -0.25) is 0 Å². The van der Waals surface area contributed by atoms with Crippen molar-refractivity contribution < 1.29 is 19.8 Å². The van der Waals surface area contributed by atoms with E-state index < -0.39 is 11.9 Å². The molecule has 0 bridgehead atoms. The summed E-state index contributed by atoms with van der Waals surface area (Å²) in [7, 11) is 0. The Morgan fingerprint density at radius 2 is 1.90 bits per heavy atom. The summed E-state index contributed by atoms with van der Waals surface area (Å²) in [6.07, 6.45) is 2.34. The number of nitrogens with two attached hydrogens (primary N) is 1. The SMILES string of the molecule is CCNc1c(CCCCN)ccc(C(=O)O)c1C(=O)O. The average molecular weight is 280 g/mol. The highest BCUT2D eigenvalue weighted by Gasteiger charge is 2.22. The molecular weight excluding hydrogens is 260 g/mol. The molecule has 0 atom stereocenters. The second kappa shape index (κ2) is 7.49. The normalized spacial score (nSPS) is 10.3. The van der Waals surface area contributed by atoms with Gasteiger partial charge in [-0.15, -0.1) is 0 Å². The molecule has 1 aromatic carbocycles. The van der Waals surface area contributed by atoms with Crippen molar-refractivity contribution in [2.24, 2.45) is 5.73 Å². The highest BCUT2D eigenvalue weighted by molar-refractivity contribution is 6.06. The molecule has 1 aromatic rings. The summed E-state index contributed by atoms with van der Waals surface area (Å²) in [5, 5.41) is 21.4. The van der Waals surface area contributed by atoms with Crippen molar-refractivity contribution in [2.75, 3.05) is 18.4 Å². The molecule has 0 unspecified atom stereocenters. The van der Waals surface area contributed by atoms with Crippen LogP contribution in [0.1, 0.15) is 46.0 Å². The fraction of sp³-hybridized carbons (Fsp3) is 0.429. The van der Waals surface area contributed by atoms with E-state index >= 15 is 0 Å². The average Bonchev–Trinajstić information content (AvgIpc) is 2.39. The van der Waals surface area contributed by atoms with Crippen LogP contribution in [0.4, 0.5) is 5.69 Å². The molecule has 0 aromatic heterocycles. The Labute approximate surface area is 117 Å². The Kier molecular flexibility index (Phi) is 5.99. The fourth-order valence-electron chi connectivity index (χ4n) is 2.09. The summed E-state index contributed by atoms with van der Waals surface area (Å²) >= 11 is 0. The van der Waals surface area contributed by atoms with E-state index in [1.165, 1.54) is 6.07 Å². The zero-order valence-electron chi connectivity index (χ0n) is 11.5. The molecule has 0 amide bonds. The van der Waals surface area contributed by atoms with Crippen LogP contribution in [0.25, 0.3) is 0 Å². The number of carbonyl (C=O) groups is 2. The monoisotopic (exact) mass is 280 g/mol. The van der Waals surface area contributed by atoms with E-state index in [1.807, 2.05) is 6.92 Å². The molecule has 6 nitrogen and oxygen atoms in total. The molecule has 0 radical (unpaired) electrons. The molecule has 0 heterocycles. The zero-order chi connectivity index (χ0) is 15.1. The van der Waals surface area contributed by atoms with Crippen LogP contribution in [0.2, 0.25) is 0 Å². The molecule has 0 saturated heterocycles. The number of aromatic carboxylic acids is 2. The Bertz CT molecular complexity index is 500. The lowest BCUT2D eigenvalue weighted by Gasteiger charge is -2.15. The third kappa shape index (κ3) is 3.71. The first-order valence-electron chi connectivity index (χ1n) is 6.59. The van der Waals surface area contributed by atoms with Crippen molar-refractivity contribution in [3.63, 3.8) is 0 Å². The van der Waals surface area contributed by atoms with Crippen LogP contribution in [0, 0.1) is 0 Å². The number of unbranched alkanes of at least 4 members (excludes halogenated alkanes) is 1. The molecule has 0 aliphatic heterocycles. The van der Waals surface area contributed by atoms with E-state index in [0.717, 1.165) is 18.4 Å². The molecule has 6 heteroatoms. The first-order chi connectivity index (χ1) is 9.52. The minimum absolute atomic E-state index is 0.176. The van der Waals surface area contributed by atoms with E-state index in [4.69, 9.17) is 10.8 Å². The van der Waals surface area contributed by atoms with E-state index in [0.29, 0.717) is 25.2 Å². The van der Waals surface area contributed by atoms with E-state index in [9.17, 15) is 14.7 Å². The molecule has 20 heavy (non-hydrogen) atoms. The van der Waals surface area contributed by atoms with Crippen LogP contribution in [0.5, 0.6) is 0 Å². The summed E-state index contributed by atoms with van der Waals surface area (Å²) in [5.74, 6) is -2.48. The summed E-state index contributed by atoms with van der Waals surface area (Å²) in [4.78, 5) is 22.5. The minimum Gasteiger partial charge on any atom is -0.478 e. The lowest BCUT2D eigenvalue weighted by molar-refractivity contribution is 0.0652. The fourth-order valence-corrected chi connectivity index (χ4v) is 2.09. The number of rotatable bonds is 8. The van der Waals surface area contributed by atoms with Gasteiger partial charge in [-0.05, 0) is 44.4 Å². The molecule has 0 fully saturated rings. The van der Waals surface area contributed by atoms with Crippen LogP contribution < -0.4 is 11.1 Å². The third-order valence-electron chi connectivity index (χ3n) is 2.99. The number of benzene rings is 1. The Morgan fingerprint density at radius 3 is 2.40 bits per heavy atom. The van der Waals surface area contributed by atoms with Gasteiger partial charge in [0.1, 0.15) is 0 Å². The van der Waals surface area contributed by atoms with Crippen LogP contribution in [-0.2, 0) is 6.42 Å². The Balaban J connectivity index is 3.28. The lowest BCUT2D eigenvalue weighted by Crippen LogP contribution is -2.15. The number of anilines is 1.